The molecule has 1 atom stereocenters. The van der Waals surface area contributed by atoms with E-state index in [0.717, 1.165) is 32.0 Å². The number of hydrogen-bond acceptors (Lipinski definition) is 4. The second-order valence-electron chi connectivity index (χ2n) is 5.94. The Morgan fingerprint density at radius 2 is 2.05 bits per heavy atom. The summed E-state index contributed by atoms with van der Waals surface area (Å²) in [5.41, 5.74) is 0. The Balaban J connectivity index is 1.69. The number of hydrogen-bond donors (Lipinski definition) is 0. The Kier molecular flexibility index (Phi) is 5.90. The van der Waals surface area contributed by atoms with Crippen LogP contribution in [0.3, 0.4) is 0 Å². The molecule has 5 heteroatoms. The molecule has 2 rings (SSSR count). The molecule has 114 valence electrons. The van der Waals surface area contributed by atoms with Gasteiger partial charge in [-0.1, -0.05) is 18.7 Å². The van der Waals surface area contributed by atoms with Gasteiger partial charge in [-0.3, -0.25) is 9.59 Å². The van der Waals surface area contributed by atoms with Crippen molar-refractivity contribution in [3.63, 3.8) is 0 Å². The molecule has 1 unspecified atom stereocenters. The van der Waals surface area contributed by atoms with Crippen LogP contribution < -0.4 is 0 Å². The molecule has 0 spiro atoms. The number of rotatable bonds is 5. The van der Waals surface area contributed by atoms with E-state index in [9.17, 15) is 9.59 Å². The summed E-state index contributed by atoms with van der Waals surface area (Å²) < 4.78 is 0. The van der Waals surface area contributed by atoms with Gasteiger partial charge in [0, 0.05) is 31.7 Å². The van der Waals surface area contributed by atoms with Crippen LogP contribution in [0, 0.1) is 5.92 Å². The molecule has 0 aromatic carbocycles. The zero-order valence-corrected chi connectivity index (χ0v) is 13.5. The average molecular weight is 298 g/mol. The SMILES string of the molecule is CCN1CCC(CCN2CC(SC(C)=O)CC2=O)CC1. The smallest absolute Gasteiger partial charge is 0.223 e. The maximum Gasteiger partial charge on any atom is 0.223 e. The van der Waals surface area contributed by atoms with Crippen molar-refractivity contribution in [2.24, 2.45) is 5.92 Å². The molecule has 20 heavy (non-hydrogen) atoms. The highest BCUT2D eigenvalue weighted by Gasteiger charge is 2.31. The van der Waals surface area contributed by atoms with Crippen molar-refractivity contribution in [1.82, 2.24) is 9.80 Å². The Hall–Kier alpha value is -0.550. The molecule has 4 nitrogen and oxygen atoms in total. The molecule has 0 saturated carbocycles. The average Bonchev–Trinajstić information content (AvgIpc) is 2.76. The van der Waals surface area contributed by atoms with Crippen molar-refractivity contribution in [3.8, 4) is 0 Å². The van der Waals surface area contributed by atoms with Gasteiger partial charge in [0.1, 0.15) is 0 Å². The van der Waals surface area contributed by atoms with Gasteiger partial charge in [-0.05, 0) is 44.8 Å². The van der Waals surface area contributed by atoms with E-state index in [0.29, 0.717) is 6.42 Å². The number of carbonyl (C=O) groups excluding carboxylic acids is 2. The van der Waals surface area contributed by atoms with Gasteiger partial charge in [0.15, 0.2) is 5.12 Å². The normalized spacial score (nSPS) is 25.4. The minimum absolute atomic E-state index is 0.122. The summed E-state index contributed by atoms with van der Waals surface area (Å²) in [5, 5.41) is 0.304. The van der Waals surface area contributed by atoms with E-state index in [1.165, 1.54) is 37.7 Å². The Labute approximate surface area is 126 Å². The van der Waals surface area contributed by atoms with E-state index in [2.05, 4.69) is 11.8 Å². The third kappa shape index (κ3) is 4.48. The van der Waals surface area contributed by atoms with Gasteiger partial charge in [0.2, 0.25) is 5.91 Å². The highest BCUT2D eigenvalue weighted by atomic mass is 32.2. The summed E-state index contributed by atoms with van der Waals surface area (Å²) in [6, 6.07) is 0. The minimum atomic E-state index is 0.122. The fraction of sp³-hybridized carbons (Fsp3) is 0.867. The number of nitrogens with zero attached hydrogens (tertiary/aromatic N) is 2. The fourth-order valence-electron chi connectivity index (χ4n) is 3.20. The van der Waals surface area contributed by atoms with Crippen LogP contribution in [-0.2, 0) is 9.59 Å². The van der Waals surface area contributed by atoms with Crippen LogP contribution in [0.5, 0.6) is 0 Å². The van der Waals surface area contributed by atoms with Crippen molar-refractivity contribution in [3.05, 3.63) is 0 Å². The molecule has 0 aliphatic carbocycles. The molecule has 2 fully saturated rings. The third-order valence-corrected chi connectivity index (χ3v) is 5.45. The lowest BCUT2D eigenvalue weighted by molar-refractivity contribution is -0.127. The van der Waals surface area contributed by atoms with Gasteiger partial charge in [0.05, 0.1) is 0 Å². The molecule has 2 aliphatic heterocycles. The molecule has 2 saturated heterocycles. The van der Waals surface area contributed by atoms with Crippen LogP contribution in [-0.4, -0.2) is 58.8 Å². The summed E-state index contributed by atoms with van der Waals surface area (Å²) in [7, 11) is 0. The first-order valence-electron chi connectivity index (χ1n) is 7.75. The quantitative estimate of drug-likeness (QED) is 0.778. The first-order valence-corrected chi connectivity index (χ1v) is 8.63. The molecular formula is C15H26N2O2S. The lowest BCUT2D eigenvalue weighted by atomic mass is 9.93. The van der Waals surface area contributed by atoms with E-state index in [-0.39, 0.29) is 16.3 Å². The standard InChI is InChI=1S/C15H26N2O2S/c1-3-16-7-4-13(5-8-16)6-9-17-11-14(10-15(17)19)20-12(2)18/h13-14H,3-11H2,1-2H3. The molecular weight excluding hydrogens is 272 g/mol. The maximum absolute atomic E-state index is 11.9. The van der Waals surface area contributed by atoms with Crippen LogP contribution in [0.4, 0.5) is 0 Å². The third-order valence-electron chi connectivity index (χ3n) is 4.47. The molecule has 0 aromatic heterocycles. The van der Waals surface area contributed by atoms with E-state index in [1.54, 1.807) is 6.92 Å². The number of piperidine rings is 1. The first kappa shape index (κ1) is 15.8. The summed E-state index contributed by atoms with van der Waals surface area (Å²) >= 11 is 1.33. The van der Waals surface area contributed by atoms with Crippen molar-refractivity contribution in [2.45, 2.75) is 44.8 Å². The molecule has 0 bridgehead atoms. The van der Waals surface area contributed by atoms with Crippen molar-refractivity contribution in [2.75, 3.05) is 32.7 Å². The van der Waals surface area contributed by atoms with Gasteiger partial charge in [-0.2, -0.15) is 0 Å². The number of amides is 1. The second-order valence-corrected chi connectivity index (χ2v) is 7.42. The van der Waals surface area contributed by atoms with Crippen molar-refractivity contribution in [1.29, 1.82) is 0 Å². The zero-order chi connectivity index (χ0) is 14.5. The highest BCUT2D eigenvalue weighted by Crippen LogP contribution is 2.26. The van der Waals surface area contributed by atoms with Gasteiger partial charge in [-0.15, -0.1) is 0 Å². The van der Waals surface area contributed by atoms with E-state index < -0.39 is 0 Å². The van der Waals surface area contributed by atoms with Crippen molar-refractivity contribution >= 4 is 22.8 Å². The van der Waals surface area contributed by atoms with Gasteiger partial charge in [-0.25, -0.2) is 0 Å². The lowest BCUT2D eigenvalue weighted by Gasteiger charge is -2.31. The first-order chi connectivity index (χ1) is 9.58. The molecule has 1 amide bonds. The van der Waals surface area contributed by atoms with Crippen molar-refractivity contribution < 1.29 is 9.59 Å². The van der Waals surface area contributed by atoms with Crippen LogP contribution in [0.15, 0.2) is 0 Å². The summed E-state index contributed by atoms with van der Waals surface area (Å²) in [6.45, 7) is 9.01. The number of thioether (sulfide) groups is 1. The summed E-state index contributed by atoms with van der Waals surface area (Å²) in [6.07, 6.45) is 4.20. The monoisotopic (exact) mass is 298 g/mol. The highest BCUT2D eigenvalue weighted by molar-refractivity contribution is 8.14. The predicted octanol–water partition coefficient (Wildman–Crippen LogP) is 1.99. The maximum atomic E-state index is 11.9. The van der Waals surface area contributed by atoms with Gasteiger partial charge in [0.25, 0.3) is 0 Å². The minimum Gasteiger partial charge on any atom is -0.342 e. The largest absolute Gasteiger partial charge is 0.342 e. The zero-order valence-electron chi connectivity index (χ0n) is 12.6. The molecule has 2 aliphatic rings. The summed E-state index contributed by atoms with van der Waals surface area (Å²) in [4.78, 5) is 27.5. The van der Waals surface area contributed by atoms with Crippen LogP contribution >= 0.6 is 11.8 Å². The summed E-state index contributed by atoms with van der Waals surface area (Å²) in [5.74, 6) is 1.000. The van der Waals surface area contributed by atoms with Gasteiger partial charge >= 0.3 is 0 Å². The fourth-order valence-corrected chi connectivity index (χ4v) is 4.15. The Morgan fingerprint density at radius 1 is 1.35 bits per heavy atom. The molecule has 0 aromatic rings. The van der Waals surface area contributed by atoms with E-state index in [4.69, 9.17) is 0 Å². The molecule has 0 radical (unpaired) electrons. The predicted molar refractivity (Wildman–Crippen MR) is 82.7 cm³/mol. The van der Waals surface area contributed by atoms with E-state index in [1.807, 2.05) is 4.90 Å². The molecule has 2 heterocycles. The topological polar surface area (TPSA) is 40.6 Å². The Morgan fingerprint density at radius 3 is 2.65 bits per heavy atom. The van der Waals surface area contributed by atoms with Crippen LogP contribution in [0.1, 0.15) is 39.5 Å². The number of carbonyl (C=O) groups is 2. The van der Waals surface area contributed by atoms with Crippen LogP contribution in [0.25, 0.3) is 0 Å². The lowest BCUT2D eigenvalue weighted by Crippen LogP contribution is -2.35. The Bertz CT molecular complexity index is 354. The molecule has 0 N–H and O–H groups in total. The van der Waals surface area contributed by atoms with Gasteiger partial charge < -0.3 is 9.80 Å². The second kappa shape index (κ2) is 7.46. The van der Waals surface area contributed by atoms with E-state index >= 15 is 0 Å². The number of likely N-dealkylation sites (tertiary alicyclic amines) is 2. The van der Waals surface area contributed by atoms with Crippen LogP contribution in [0.2, 0.25) is 0 Å².